The van der Waals surface area contributed by atoms with Crippen molar-refractivity contribution in [3.63, 3.8) is 0 Å². The zero-order valence-corrected chi connectivity index (χ0v) is 22.7. The summed E-state index contributed by atoms with van der Waals surface area (Å²) in [4.78, 5) is 36.1. The van der Waals surface area contributed by atoms with Crippen molar-refractivity contribution in [3.8, 4) is 5.75 Å². The van der Waals surface area contributed by atoms with Crippen LogP contribution in [0.25, 0.3) is 0 Å². The summed E-state index contributed by atoms with van der Waals surface area (Å²) in [5.41, 5.74) is 4.23. The van der Waals surface area contributed by atoms with Crippen LogP contribution in [0.2, 0.25) is 0 Å². The van der Waals surface area contributed by atoms with Crippen LogP contribution in [0.5, 0.6) is 5.75 Å². The van der Waals surface area contributed by atoms with Crippen molar-refractivity contribution in [1.82, 2.24) is 0 Å². The van der Waals surface area contributed by atoms with Crippen LogP contribution in [0.1, 0.15) is 47.9 Å². The minimum Gasteiger partial charge on any atom is -0.494 e. The predicted octanol–water partition coefficient (Wildman–Crippen LogP) is 5.48. The van der Waals surface area contributed by atoms with Crippen LogP contribution < -0.4 is 10.1 Å². The second kappa shape index (κ2) is 16.0. The highest BCUT2D eigenvalue weighted by Crippen LogP contribution is 2.20. The SMILES string of the molecule is COC(=O)Cc1ccc(NC(=O)CCc2ccc(OCCCCCc3ccccc3)cc2)cc1CC(=O)OC. The van der Waals surface area contributed by atoms with Gasteiger partial charge >= 0.3 is 11.9 Å². The molecular weight excluding hydrogens is 494 g/mol. The van der Waals surface area contributed by atoms with Gasteiger partial charge < -0.3 is 19.5 Å². The van der Waals surface area contributed by atoms with Crippen LogP contribution in [0, 0.1) is 0 Å². The van der Waals surface area contributed by atoms with E-state index >= 15 is 0 Å². The van der Waals surface area contributed by atoms with Crippen molar-refractivity contribution in [2.24, 2.45) is 0 Å². The number of ether oxygens (including phenoxy) is 3. The topological polar surface area (TPSA) is 90.9 Å². The Kier molecular flexibility index (Phi) is 12.0. The van der Waals surface area contributed by atoms with Crippen LogP contribution in [0.3, 0.4) is 0 Å². The Hall–Kier alpha value is -4.13. The molecule has 39 heavy (non-hydrogen) atoms. The number of unbranched alkanes of at least 4 members (excludes halogenated alkanes) is 2. The minimum atomic E-state index is -0.430. The number of carbonyl (C=O) groups excluding carboxylic acids is 3. The number of methoxy groups -OCH3 is 2. The standard InChI is InChI=1S/C32H37NO6/c1-37-31(35)22-26-15-16-28(21-27(26)23-32(36)38-2)33-30(34)19-14-25-12-17-29(18-13-25)39-20-8-4-7-11-24-9-5-3-6-10-24/h3,5-6,9-10,12-13,15-18,21H,4,7-8,11,14,19-20,22-23H2,1-2H3,(H,33,34). The average molecular weight is 532 g/mol. The minimum absolute atomic E-state index is 0.00531. The van der Waals surface area contributed by atoms with Gasteiger partial charge in [-0.1, -0.05) is 48.5 Å². The van der Waals surface area contributed by atoms with Crippen molar-refractivity contribution < 1.29 is 28.6 Å². The van der Waals surface area contributed by atoms with Gasteiger partial charge in [0.15, 0.2) is 0 Å². The first-order valence-electron chi connectivity index (χ1n) is 13.3. The van der Waals surface area contributed by atoms with Gasteiger partial charge in [0.25, 0.3) is 0 Å². The van der Waals surface area contributed by atoms with Crippen molar-refractivity contribution in [2.45, 2.75) is 51.4 Å². The van der Waals surface area contributed by atoms with Crippen LogP contribution >= 0.6 is 0 Å². The van der Waals surface area contributed by atoms with E-state index in [-0.39, 0.29) is 18.7 Å². The van der Waals surface area contributed by atoms with Gasteiger partial charge in [0.05, 0.1) is 33.7 Å². The largest absolute Gasteiger partial charge is 0.494 e. The molecule has 3 aromatic carbocycles. The summed E-state index contributed by atoms with van der Waals surface area (Å²) >= 11 is 0. The van der Waals surface area contributed by atoms with Gasteiger partial charge in [0.2, 0.25) is 5.91 Å². The Bertz CT molecular complexity index is 1210. The molecule has 3 aromatic rings. The number of nitrogens with one attached hydrogen (secondary N) is 1. The molecular formula is C32H37NO6. The van der Waals surface area contributed by atoms with Crippen LogP contribution in [-0.4, -0.2) is 38.7 Å². The molecule has 0 saturated carbocycles. The molecule has 0 radical (unpaired) electrons. The second-order valence-electron chi connectivity index (χ2n) is 9.33. The fourth-order valence-corrected chi connectivity index (χ4v) is 4.17. The van der Waals surface area contributed by atoms with Crippen LogP contribution in [-0.2, 0) is 49.5 Å². The van der Waals surface area contributed by atoms with E-state index in [1.807, 2.05) is 30.3 Å². The van der Waals surface area contributed by atoms with E-state index in [1.54, 1.807) is 18.2 Å². The van der Waals surface area contributed by atoms with Gasteiger partial charge in [0.1, 0.15) is 5.75 Å². The third-order valence-corrected chi connectivity index (χ3v) is 6.40. The van der Waals surface area contributed by atoms with E-state index in [2.05, 4.69) is 29.6 Å². The summed E-state index contributed by atoms with van der Waals surface area (Å²) in [6, 6.07) is 23.5. The monoisotopic (exact) mass is 531 g/mol. The summed E-state index contributed by atoms with van der Waals surface area (Å²) in [5.74, 6) is -0.153. The molecule has 206 valence electrons. The van der Waals surface area contributed by atoms with Gasteiger partial charge in [-0.25, -0.2) is 0 Å². The lowest BCUT2D eigenvalue weighted by atomic mass is 10.0. The predicted molar refractivity (Wildman–Crippen MR) is 151 cm³/mol. The number of hydrogen-bond acceptors (Lipinski definition) is 6. The maximum absolute atomic E-state index is 12.6. The Morgan fingerprint density at radius 2 is 1.36 bits per heavy atom. The normalized spacial score (nSPS) is 10.5. The highest BCUT2D eigenvalue weighted by molar-refractivity contribution is 5.91. The van der Waals surface area contributed by atoms with E-state index < -0.39 is 11.9 Å². The van der Waals surface area contributed by atoms with E-state index in [0.29, 0.717) is 36.3 Å². The molecule has 0 heterocycles. The highest BCUT2D eigenvalue weighted by Gasteiger charge is 2.14. The fraction of sp³-hybridized carbons (Fsp3) is 0.344. The molecule has 0 aromatic heterocycles. The zero-order valence-electron chi connectivity index (χ0n) is 22.7. The van der Waals surface area contributed by atoms with Gasteiger partial charge in [0, 0.05) is 12.1 Å². The lowest BCUT2D eigenvalue weighted by Gasteiger charge is -2.12. The number of hydrogen-bond donors (Lipinski definition) is 1. The number of benzene rings is 3. The molecule has 0 aliphatic heterocycles. The summed E-state index contributed by atoms with van der Waals surface area (Å²) in [7, 11) is 2.62. The number of amides is 1. The Morgan fingerprint density at radius 3 is 2.05 bits per heavy atom. The molecule has 1 N–H and O–H groups in total. The van der Waals surface area contributed by atoms with E-state index in [1.165, 1.54) is 19.8 Å². The van der Waals surface area contributed by atoms with Crippen molar-refractivity contribution >= 4 is 23.5 Å². The number of carbonyl (C=O) groups is 3. The van der Waals surface area contributed by atoms with Gasteiger partial charge in [-0.2, -0.15) is 0 Å². The van der Waals surface area contributed by atoms with Crippen LogP contribution in [0.15, 0.2) is 72.8 Å². The summed E-state index contributed by atoms with van der Waals surface area (Å²) in [6.07, 6.45) is 5.30. The number of aryl methyl sites for hydroxylation is 2. The third-order valence-electron chi connectivity index (χ3n) is 6.40. The highest BCUT2D eigenvalue weighted by atomic mass is 16.5. The van der Waals surface area contributed by atoms with E-state index in [4.69, 9.17) is 14.2 Å². The molecule has 0 fully saturated rings. The molecule has 0 spiro atoms. The van der Waals surface area contributed by atoms with Gasteiger partial charge in [-0.15, -0.1) is 0 Å². The average Bonchev–Trinajstić information content (AvgIpc) is 2.96. The zero-order chi connectivity index (χ0) is 27.9. The first-order chi connectivity index (χ1) is 19.0. The maximum Gasteiger partial charge on any atom is 0.309 e. The number of anilines is 1. The number of rotatable bonds is 15. The molecule has 0 aliphatic rings. The van der Waals surface area contributed by atoms with Gasteiger partial charge in [-0.3, -0.25) is 14.4 Å². The van der Waals surface area contributed by atoms with E-state index in [9.17, 15) is 14.4 Å². The molecule has 0 unspecified atom stereocenters. The fourth-order valence-electron chi connectivity index (χ4n) is 4.17. The molecule has 0 bridgehead atoms. The first kappa shape index (κ1) is 29.4. The quantitative estimate of drug-likeness (QED) is 0.206. The molecule has 7 nitrogen and oxygen atoms in total. The molecule has 0 aliphatic carbocycles. The second-order valence-corrected chi connectivity index (χ2v) is 9.33. The Labute approximate surface area is 230 Å². The Morgan fingerprint density at radius 1 is 0.692 bits per heavy atom. The lowest BCUT2D eigenvalue weighted by molar-refractivity contribution is -0.141. The molecule has 0 atom stereocenters. The van der Waals surface area contributed by atoms with Crippen molar-refractivity contribution in [3.05, 3.63) is 95.1 Å². The molecule has 0 saturated heterocycles. The molecule has 7 heteroatoms. The number of esters is 2. The van der Waals surface area contributed by atoms with Gasteiger partial charge in [-0.05, 0) is 78.6 Å². The Balaban J connectivity index is 1.41. The smallest absolute Gasteiger partial charge is 0.309 e. The lowest BCUT2D eigenvalue weighted by Crippen LogP contribution is -2.14. The first-order valence-corrected chi connectivity index (χ1v) is 13.3. The maximum atomic E-state index is 12.6. The van der Waals surface area contributed by atoms with Crippen LogP contribution in [0.4, 0.5) is 5.69 Å². The van der Waals surface area contributed by atoms with Crippen molar-refractivity contribution in [2.75, 3.05) is 26.1 Å². The summed E-state index contributed by atoms with van der Waals surface area (Å²) in [6.45, 7) is 0.687. The summed E-state index contributed by atoms with van der Waals surface area (Å²) < 4.78 is 15.4. The third kappa shape index (κ3) is 10.6. The van der Waals surface area contributed by atoms with E-state index in [0.717, 1.165) is 37.0 Å². The summed E-state index contributed by atoms with van der Waals surface area (Å²) in [5, 5.41) is 2.87. The van der Waals surface area contributed by atoms with Crippen molar-refractivity contribution in [1.29, 1.82) is 0 Å². The molecule has 3 rings (SSSR count). The molecule has 1 amide bonds.